The second kappa shape index (κ2) is 7.01. The molecule has 0 spiro atoms. The number of benzene rings is 1. The Bertz CT molecular complexity index is 484. The Hall–Kier alpha value is -1.75. The van der Waals surface area contributed by atoms with Gasteiger partial charge in [0.1, 0.15) is 11.4 Å². The van der Waals surface area contributed by atoms with E-state index in [1.54, 1.807) is 12.1 Å². The van der Waals surface area contributed by atoms with Crippen molar-refractivity contribution in [2.45, 2.75) is 53.2 Å². The number of amides is 2. The van der Waals surface area contributed by atoms with Gasteiger partial charge in [-0.25, -0.2) is 4.79 Å². The molecule has 3 N–H and O–H groups in total. The number of anilines is 1. The average Bonchev–Trinajstić information content (AvgIpc) is 2.35. The quantitative estimate of drug-likeness (QED) is 0.798. The third-order valence-electron chi connectivity index (χ3n) is 2.99. The Morgan fingerprint density at radius 1 is 1.14 bits per heavy atom. The SMILES string of the molecule is CC(C)(C)Oc1ccc(NC(=O)NCC(O)C(C)(C)C)cc1. The Labute approximate surface area is 133 Å². The number of ether oxygens (including phenoxy) is 1. The van der Waals surface area contributed by atoms with Crippen molar-refractivity contribution in [1.82, 2.24) is 5.32 Å². The van der Waals surface area contributed by atoms with Gasteiger partial charge in [0.05, 0.1) is 6.10 Å². The molecule has 0 bridgehead atoms. The lowest BCUT2D eigenvalue weighted by Gasteiger charge is -2.25. The van der Waals surface area contributed by atoms with Crippen LogP contribution in [0.1, 0.15) is 41.5 Å². The van der Waals surface area contributed by atoms with E-state index in [1.807, 2.05) is 53.7 Å². The van der Waals surface area contributed by atoms with Crippen molar-refractivity contribution >= 4 is 11.7 Å². The number of aliphatic hydroxyl groups excluding tert-OH is 1. The highest BCUT2D eigenvalue weighted by Crippen LogP contribution is 2.20. The van der Waals surface area contributed by atoms with Crippen LogP contribution in [0.25, 0.3) is 0 Å². The lowest BCUT2D eigenvalue weighted by molar-refractivity contribution is 0.0654. The maximum atomic E-state index is 11.8. The van der Waals surface area contributed by atoms with Crippen LogP contribution in [0.4, 0.5) is 10.5 Å². The molecule has 5 nitrogen and oxygen atoms in total. The van der Waals surface area contributed by atoms with Gasteiger partial charge < -0.3 is 20.5 Å². The number of carbonyl (C=O) groups excluding carboxylic acids is 1. The molecule has 2 amide bonds. The standard InChI is InChI=1S/C17H28N2O3/c1-16(2,3)14(20)11-18-15(21)19-12-7-9-13(10-8-12)22-17(4,5)6/h7-10,14,20H,11H2,1-6H3,(H2,18,19,21). The number of nitrogens with one attached hydrogen (secondary N) is 2. The first-order valence-corrected chi connectivity index (χ1v) is 7.49. The second-order valence-electron chi connectivity index (χ2n) is 7.46. The lowest BCUT2D eigenvalue weighted by Crippen LogP contribution is -2.40. The van der Waals surface area contributed by atoms with Crippen LogP contribution < -0.4 is 15.4 Å². The fourth-order valence-electron chi connectivity index (χ4n) is 1.63. The minimum Gasteiger partial charge on any atom is -0.488 e. The second-order valence-corrected chi connectivity index (χ2v) is 7.46. The molecule has 0 fully saturated rings. The highest BCUT2D eigenvalue weighted by atomic mass is 16.5. The Balaban J connectivity index is 2.48. The van der Waals surface area contributed by atoms with Crippen LogP contribution in [0.3, 0.4) is 0 Å². The van der Waals surface area contributed by atoms with Crippen LogP contribution >= 0.6 is 0 Å². The van der Waals surface area contributed by atoms with E-state index in [0.717, 1.165) is 5.75 Å². The zero-order chi connectivity index (χ0) is 17.0. The number of hydrogen-bond donors (Lipinski definition) is 3. The molecule has 0 saturated carbocycles. The summed E-state index contributed by atoms with van der Waals surface area (Å²) >= 11 is 0. The van der Waals surface area contributed by atoms with E-state index in [1.165, 1.54) is 0 Å². The summed E-state index contributed by atoms with van der Waals surface area (Å²) in [5.41, 5.74) is 0.151. The molecule has 0 aliphatic heterocycles. The molecule has 5 heteroatoms. The van der Waals surface area contributed by atoms with E-state index in [-0.39, 0.29) is 23.6 Å². The van der Waals surface area contributed by atoms with E-state index in [0.29, 0.717) is 5.69 Å². The molecule has 0 aliphatic carbocycles. The fraction of sp³-hybridized carbons (Fsp3) is 0.588. The van der Waals surface area contributed by atoms with Gasteiger partial charge in [0.15, 0.2) is 0 Å². The summed E-state index contributed by atoms with van der Waals surface area (Å²) < 4.78 is 5.72. The third-order valence-corrected chi connectivity index (χ3v) is 2.99. The van der Waals surface area contributed by atoms with Gasteiger partial charge in [-0.15, -0.1) is 0 Å². The topological polar surface area (TPSA) is 70.6 Å². The summed E-state index contributed by atoms with van der Waals surface area (Å²) in [6.07, 6.45) is -0.596. The molecular weight excluding hydrogens is 280 g/mol. The Morgan fingerprint density at radius 2 is 1.68 bits per heavy atom. The van der Waals surface area contributed by atoms with Crippen LogP contribution in [-0.2, 0) is 0 Å². The molecule has 1 atom stereocenters. The minimum atomic E-state index is -0.596. The van der Waals surface area contributed by atoms with Crippen molar-refractivity contribution in [3.63, 3.8) is 0 Å². The third kappa shape index (κ3) is 6.80. The smallest absolute Gasteiger partial charge is 0.319 e. The van der Waals surface area contributed by atoms with Gasteiger partial charge in [0, 0.05) is 12.2 Å². The molecule has 1 aromatic carbocycles. The van der Waals surface area contributed by atoms with E-state index < -0.39 is 6.10 Å². The zero-order valence-electron chi connectivity index (χ0n) is 14.4. The highest BCUT2D eigenvalue weighted by Gasteiger charge is 2.22. The number of carbonyl (C=O) groups is 1. The fourth-order valence-corrected chi connectivity index (χ4v) is 1.63. The van der Waals surface area contributed by atoms with E-state index >= 15 is 0 Å². The number of urea groups is 1. The Kier molecular flexibility index (Phi) is 5.83. The maximum absolute atomic E-state index is 11.8. The van der Waals surface area contributed by atoms with Gasteiger partial charge in [-0.3, -0.25) is 0 Å². The van der Waals surface area contributed by atoms with Crippen molar-refractivity contribution < 1.29 is 14.6 Å². The van der Waals surface area contributed by atoms with Crippen molar-refractivity contribution in [3.8, 4) is 5.75 Å². The van der Waals surface area contributed by atoms with Gasteiger partial charge in [-0.1, -0.05) is 20.8 Å². The zero-order valence-corrected chi connectivity index (χ0v) is 14.4. The van der Waals surface area contributed by atoms with Crippen molar-refractivity contribution in [1.29, 1.82) is 0 Å². The van der Waals surface area contributed by atoms with Crippen LogP contribution in [-0.4, -0.2) is 29.4 Å². The van der Waals surface area contributed by atoms with Crippen LogP contribution in [0.5, 0.6) is 5.75 Å². The molecule has 22 heavy (non-hydrogen) atoms. The minimum absolute atomic E-state index is 0.209. The molecule has 0 aromatic heterocycles. The molecule has 1 unspecified atom stereocenters. The molecule has 0 saturated heterocycles. The number of rotatable bonds is 4. The van der Waals surface area contributed by atoms with Gasteiger partial charge in [0.2, 0.25) is 0 Å². The normalized spacial score (nSPS) is 13.4. The largest absolute Gasteiger partial charge is 0.488 e. The van der Waals surface area contributed by atoms with E-state index in [2.05, 4.69) is 10.6 Å². The van der Waals surface area contributed by atoms with Gasteiger partial charge in [-0.05, 0) is 50.5 Å². The summed E-state index contributed by atoms with van der Waals surface area (Å²) in [5, 5.41) is 15.3. The molecule has 1 aromatic rings. The molecule has 124 valence electrons. The molecular formula is C17H28N2O3. The van der Waals surface area contributed by atoms with Gasteiger partial charge in [-0.2, -0.15) is 0 Å². The van der Waals surface area contributed by atoms with Gasteiger partial charge >= 0.3 is 6.03 Å². The predicted octanol–water partition coefficient (Wildman–Crippen LogP) is 3.39. The molecule has 0 radical (unpaired) electrons. The molecule has 1 rings (SSSR count). The van der Waals surface area contributed by atoms with Crippen LogP contribution in [0, 0.1) is 5.41 Å². The van der Waals surface area contributed by atoms with Crippen molar-refractivity contribution in [3.05, 3.63) is 24.3 Å². The maximum Gasteiger partial charge on any atom is 0.319 e. The lowest BCUT2D eigenvalue weighted by atomic mass is 9.89. The van der Waals surface area contributed by atoms with Crippen molar-refractivity contribution in [2.75, 3.05) is 11.9 Å². The highest BCUT2D eigenvalue weighted by molar-refractivity contribution is 5.89. The summed E-state index contributed by atoms with van der Waals surface area (Å²) in [6.45, 7) is 11.9. The van der Waals surface area contributed by atoms with Crippen LogP contribution in [0.2, 0.25) is 0 Å². The molecule has 0 aliphatic rings. The van der Waals surface area contributed by atoms with E-state index in [9.17, 15) is 9.90 Å². The Morgan fingerprint density at radius 3 is 2.14 bits per heavy atom. The van der Waals surface area contributed by atoms with Crippen molar-refractivity contribution in [2.24, 2.45) is 5.41 Å². The number of hydrogen-bond acceptors (Lipinski definition) is 3. The summed E-state index contributed by atoms with van der Waals surface area (Å²) in [5.74, 6) is 0.751. The van der Waals surface area contributed by atoms with Gasteiger partial charge in [0.25, 0.3) is 0 Å². The van der Waals surface area contributed by atoms with Crippen LogP contribution in [0.15, 0.2) is 24.3 Å². The summed E-state index contributed by atoms with van der Waals surface area (Å²) in [4.78, 5) is 11.8. The summed E-state index contributed by atoms with van der Waals surface area (Å²) in [7, 11) is 0. The monoisotopic (exact) mass is 308 g/mol. The first-order chi connectivity index (χ1) is 9.97. The predicted molar refractivity (Wildman–Crippen MR) is 89.3 cm³/mol. The first-order valence-electron chi connectivity index (χ1n) is 7.49. The average molecular weight is 308 g/mol. The first kappa shape index (κ1) is 18.3. The number of aliphatic hydroxyl groups is 1. The molecule has 0 heterocycles. The van der Waals surface area contributed by atoms with E-state index in [4.69, 9.17) is 4.74 Å². The summed E-state index contributed by atoms with van der Waals surface area (Å²) in [6, 6.07) is 6.84.